The number of anilines is 1. The molecule has 1 heterocycles. The van der Waals surface area contributed by atoms with Crippen LogP contribution in [0, 0.1) is 17.3 Å². The van der Waals surface area contributed by atoms with Gasteiger partial charge >= 0.3 is 5.97 Å². The Morgan fingerprint density at radius 3 is 2.14 bits per heavy atom. The molecule has 2 amide bonds. The maximum absolute atomic E-state index is 12.9. The monoisotopic (exact) mass is 527 g/mol. The van der Waals surface area contributed by atoms with Gasteiger partial charge in [-0.2, -0.15) is 0 Å². The van der Waals surface area contributed by atoms with Crippen LogP contribution < -0.4 is 4.90 Å². The first kappa shape index (κ1) is 22.2. The summed E-state index contributed by atoms with van der Waals surface area (Å²) in [5.74, 6) is -2.05. The largest absolute Gasteiger partial charge is 0.454 e. The van der Waals surface area contributed by atoms with E-state index in [-0.39, 0.29) is 51.3 Å². The second-order valence-corrected chi connectivity index (χ2v) is 10.9. The molecule has 4 atom stereocenters. The lowest BCUT2D eigenvalue weighted by Gasteiger charge is -2.29. The van der Waals surface area contributed by atoms with Crippen LogP contribution in [0.2, 0.25) is 0 Å². The van der Waals surface area contributed by atoms with Crippen molar-refractivity contribution in [1.82, 2.24) is 0 Å². The topological polar surface area (TPSA) is 80.8 Å². The van der Waals surface area contributed by atoms with Gasteiger partial charge in [0.25, 0.3) is 0 Å². The first-order chi connectivity index (χ1) is 13.5. The van der Waals surface area contributed by atoms with Gasteiger partial charge < -0.3 is 4.74 Å². The average molecular weight is 529 g/mol. The standard InChI is InChI=1S/C21H23Br2NO5/c1-21(2,3)17(25)10-29-20(28)11-5-4-6-12(7-11)24-18(26)13-8-15(22)16(23)9-14(13)19(24)27/h4-7,13-16H,8-10H2,1-3H3. The van der Waals surface area contributed by atoms with E-state index in [0.29, 0.717) is 18.5 Å². The molecule has 0 bridgehead atoms. The summed E-state index contributed by atoms with van der Waals surface area (Å²) in [4.78, 5) is 51.6. The number of alkyl halides is 2. The van der Waals surface area contributed by atoms with Crippen LogP contribution in [0.25, 0.3) is 0 Å². The summed E-state index contributed by atoms with van der Waals surface area (Å²) in [5, 5.41) is 0. The number of halogens is 2. The van der Waals surface area contributed by atoms with Gasteiger partial charge in [-0.05, 0) is 31.0 Å². The van der Waals surface area contributed by atoms with Crippen molar-refractivity contribution in [1.29, 1.82) is 0 Å². The van der Waals surface area contributed by atoms with Crippen molar-refractivity contribution in [2.24, 2.45) is 17.3 Å². The molecule has 0 radical (unpaired) electrons. The van der Waals surface area contributed by atoms with E-state index >= 15 is 0 Å². The lowest BCUT2D eigenvalue weighted by atomic mass is 9.81. The SMILES string of the molecule is CC(C)(C)C(=O)COC(=O)c1cccc(N2C(=O)C3CC(Br)C(Br)CC3C2=O)c1. The van der Waals surface area contributed by atoms with Crippen LogP contribution in [0.1, 0.15) is 44.0 Å². The highest BCUT2D eigenvalue weighted by molar-refractivity contribution is 9.12. The zero-order valence-corrected chi connectivity index (χ0v) is 19.7. The van der Waals surface area contributed by atoms with Crippen molar-refractivity contribution < 1.29 is 23.9 Å². The Bertz CT molecular complexity index is 835. The molecule has 1 aromatic carbocycles. The second-order valence-electron chi connectivity index (χ2n) is 8.53. The molecule has 1 aliphatic carbocycles. The van der Waals surface area contributed by atoms with Gasteiger partial charge in [0.2, 0.25) is 11.8 Å². The van der Waals surface area contributed by atoms with Crippen LogP contribution in [-0.2, 0) is 19.1 Å². The number of amides is 2. The molecule has 1 saturated heterocycles. The lowest BCUT2D eigenvalue weighted by Crippen LogP contribution is -2.34. The number of nitrogens with zero attached hydrogens (tertiary/aromatic N) is 1. The number of imide groups is 1. The number of hydrogen-bond acceptors (Lipinski definition) is 5. The van der Waals surface area contributed by atoms with Gasteiger partial charge in [-0.3, -0.25) is 19.3 Å². The number of rotatable bonds is 4. The number of ether oxygens (including phenoxy) is 1. The number of carbonyl (C=O) groups excluding carboxylic acids is 4. The fourth-order valence-electron chi connectivity index (χ4n) is 3.55. The van der Waals surface area contributed by atoms with E-state index in [4.69, 9.17) is 4.74 Å². The van der Waals surface area contributed by atoms with Crippen molar-refractivity contribution in [3.05, 3.63) is 29.8 Å². The maximum atomic E-state index is 12.9. The molecule has 1 aliphatic heterocycles. The van der Waals surface area contributed by atoms with E-state index in [9.17, 15) is 19.2 Å². The minimum Gasteiger partial charge on any atom is -0.454 e. The second kappa shape index (κ2) is 8.30. The van der Waals surface area contributed by atoms with Crippen molar-refractivity contribution in [3.63, 3.8) is 0 Å². The lowest BCUT2D eigenvalue weighted by molar-refractivity contribution is -0.129. The molecule has 0 spiro atoms. The number of carbonyl (C=O) groups is 4. The quantitative estimate of drug-likeness (QED) is 0.336. The Balaban J connectivity index is 1.77. The van der Waals surface area contributed by atoms with Crippen molar-refractivity contribution in [2.75, 3.05) is 11.5 Å². The van der Waals surface area contributed by atoms with E-state index in [1.54, 1.807) is 32.9 Å². The summed E-state index contributed by atoms with van der Waals surface area (Å²) >= 11 is 7.14. The highest BCUT2D eigenvalue weighted by atomic mass is 79.9. The minimum atomic E-state index is -0.665. The molecule has 0 N–H and O–H groups in total. The number of esters is 1. The first-order valence-corrected chi connectivity index (χ1v) is 11.3. The van der Waals surface area contributed by atoms with Crippen LogP contribution >= 0.6 is 31.9 Å². The van der Waals surface area contributed by atoms with Gasteiger partial charge in [0, 0.05) is 15.1 Å². The predicted octanol–water partition coefficient (Wildman–Crippen LogP) is 3.89. The number of fused-ring (bicyclic) bond motifs is 1. The average Bonchev–Trinajstić information content (AvgIpc) is 2.89. The normalized spacial score (nSPS) is 27.0. The van der Waals surface area contributed by atoms with Crippen molar-refractivity contribution in [2.45, 2.75) is 43.3 Å². The van der Waals surface area contributed by atoms with Gasteiger partial charge in [0.15, 0.2) is 12.4 Å². The van der Waals surface area contributed by atoms with Crippen molar-refractivity contribution >= 4 is 61.1 Å². The Morgan fingerprint density at radius 1 is 1.07 bits per heavy atom. The molecule has 1 aromatic rings. The summed E-state index contributed by atoms with van der Waals surface area (Å²) in [6.07, 6.45) is 1.16. The molecule has 3 rings (SSSR count). The van der Waals surface area contributed by atoms with Crippen LogP contribution in [0.5, 0.6) is 0 Å². The van der Waals surface area contributed by atoms with Gasteiger partial charge in [0.05, 0.1) is 23.1 Å². The Morgan fingerprint density at radius 2 is 1.62 bits per heavy atom. The van der Waals surface area contributed by atoms with Crippen LogP contribution in [0.4, 0.5) is 5.69 Å². The number of hydrogen-bond donors (Lipinski definition) is 0. The summed E-state index contributed by atoms with van der Waals surface area (Å²) in [7, 11) is 0. The van der Waals surface area contributed by atoms with E-state index in [0.717, 1.165) is 0 Å². The maximum Gasteiger partial charge on any atom is 0.338 e. The minimum absolute atomic E-state index is 0.127. The van der Waals surface area contributed by atoms with Crippen LogP contribution in [0.15, 0.2) is 24.3 Å². The molecule has 1 saturated carbocycles. The number of ketones is 1. The number of Topliss-reactive ketones (excluding diaryl/α,β-unsaturated/α-hetero) is 1. The van der Waals surface area contributed by atoms with Crippen LogP contribution in [-0.4, -0.2) is 39.8 Å². The Hall–Kier alpha value is -1.54. The molecular weight excluding hydrogens is 506 g/mol. The third-order valence-electron chi connectivity index (χ3n) is 5.42. The molecule has 2 aliphatic rings. The van der Waals surface area contributed by atoms with Gasteiger partial charge in [-0.1, -0.05) is 58.7 Å². The summed E-state index contributed by atoms with van der Waals surface area (Å²) in [6.45, 7) is 4.94. The van der Waals surface area contributed by atoms with E-state index in [1.807, 2.05) is 0 Å². The third kappa shape index (κ3) is 4.48. The third-order valence-corrected chi connectivity index (χ3v) is 8.16. The van der Waals surface area contributed by atoms with Gasteiger partial charge in [0.1, 0.15) is 0 Å². The molecule has 8 heteroatoms. The van der Waals surface area contributed by atoms with Gasteiger partial charge in [-0.15, -0.1) is 0 Å². The molecule has 0 aromatic heterocycles. The van der Waals surface area contributed by atoms with Crippen molar-refractivity contribution in [3.8, 4) is 0 Å². The number of benzene rings is 1. The predicted molar refractivity (Wildman–Crippen MR) is 115 cm³/mol. The fourth-order valence-corrected chi connectivity index (χ4v) is 4.79. The first-order valence-electron chi connectivity index (χ1n) is 9.47. The van der Waals surface area contributed by atoms with Gasteiger partial charge in [-0.25, -0.2) is 4.79 Å². The molecule has 2 fully saturated rings. The van der Waals surface area contributed by atoms with Crippen LogP contribution in [0.3, 0.4) is 0 Å². The molecule has 6 nitrogen and oxygen atoms in total. The fraction of sp³-hybridized carbons (Fsp3) is 0.524. The smallest absolute Gasteiger partial charge is 0.338 e. The summed E-state index contributed by atoms with van der Waals surface area (Å²) in [5.41, 5.74) is -0.0624. The Kier molecular flexibility index (Phi) is 6.34. The zero-order chi connectivity index (χ0) is 21.5. The zero-order valence-electron chi connectivity index (χ0n) is 16.5. The molecule has 29 heavy (non-hydrogen) atoms. The molecule has 4 unspecified atom stereocenters. The van der Waals surface area contributed by atoms with E-state index in [2.05, 4.69) is 31.9 Å². The molecular formula is C21H23Br2NO5. The highest BCUT2D eigenvalue weighted by Gasteiger charge is 2.52. The summed E-state index contributed by atoms with van der Waals surface area (Å²) in [6, 6.07) is 6.23. The summed E-state index contributed by atoms with van der Waals surface area (Å²) < 4.78 is 5.12. The van der Waals surface area contributed by atoms with E-state index < -0.39 is 11.4 Å². The molecule has 156 valence electrons. The van der Waals surface area contributed by atoms with E-state index in [1.165, 1.54) is 17.0 Å². The Labute approximate surface area is 186 Å². The highest BCUT2D eigenvalue weighted by Crippen LogP contribution is 2.44.